The molecule has 6 atom stereocenters. The van der Waals surface area contributed by atoms with E-state index in [1.54, 1.807) is 16.7 Å². The molecule has 34 heavy (non-hydrogen) atoms. The fraction of sp³-hybridized carbons (Fsp3) is 0.654. The molecule has 8 heteroatoms. The Labute approximate surface area is 206 Å². The van der Waals surface area contributed by atoms with E-state index in [1.165, 1.54) is 0 Å². The minimum atomic E-state index is -0.579. The van der Waals surface area contributed by atoms with Gasteiger partial charge in [0.15, 0.2) is 0 Å². The summed E-state index contributed by atoms with van der Waals surface area (Å²) in [6, 6.07) is 8.76. The van der Waals surface area contributed by atoms with Gasteiger partial charge in [0.1, 0.15) is 6.04 Å². The molecule has 3 N–H and O–H groups in total. The summed E-state index contributed by atoms with van der Waals surface area (Å²) in [6.07, 6.45) is 4.14. The zero-order valence-electron chi connectivity index (χ0n) is 20.3. The summed E-state index contributed by atoms with van der Waals surface area (Å²) in [5, 5.41) is 15.2. The third kappa shape index (κ3) is 4.35. The van der Waals surface area contributed by atoms with Gasteiger partial charge < -0.3 is 20.6 Å². The highest BCUT2D eigenvalue weighted by Gasteiger charge is 2.75. The van der Waals surface area contributed by atoms with Crippen LogP contribution in [0.4, 0.5) is 5.69 Å². The number of aliphatic hydroxyl groups excluding tert-OH is 1. The minimum Gasteiger partial charge on any atom is -0.396 e. The summed E-state index contributed by atoms with van der Waals surface area (Å²) in [5.41, 5.74) is 0.725. The summed E-state index contributed by atoms with van der Waals surface area (Å²) in [4.78, 5) is 42.7. The van der Waals surface area contributed by atoms with E-state index in [0.29, 0.717) is 6.54 Å². The van der Waals surface area contributed by atoms with Crippen molar-refractivity contribution in [2.24, 2.45) is 17.8 Å². The number of hydrogen-bond acceptors (Lipinski definition) is 5. The molecule has 3 heterocycles. The van der Waals surface area contributed by atoms with Crippen LogP contribution < -0.4 is 10.6 Å². The fourth-order valence-electron chi connectivity index (χ4n) is 6.22. The fourth-order valence-corrected chi connectivity index (χ4v) is 8.64. The Morgan fingerprint density at radius 2 is 1.85 bits per heavy atom. The number of hydrogen-bond donors (Lipinski definition) is 3. The maximum atomic E-state index is 13.9. The van der Waals surface area contributed by atoms with Crippen molar-refractivity contribution in [1.29, 1.82) is 0 Å². The Bertz CT molecular complexity index is 911. The lowest BCUT2D eigenvalue weighted by atomic mass is 9.66. The molecule has 3 saturated heterocycles. The lowest BCUT2D eigenvalue weighted by molar-refractivity contribution is -0.139. The van der Waals surface area contributed by atoms with E-state index in [1.807, 2.05) is 44.2 Å². The third-order valence-electron chi connectivity index (χ3n) is 7.58. The van der Waals surface area contributed by atoms with E-state index in [4.69, 9.17) is 5.11 Å². The summed E-state index contributed by atoms with van der Waals surface area (Å²) < 4.78 is -0.579. The molecule has 0 radical (unpaired) electrons. The molecule has 1 spiro atoms. The number of aliphatic hydroxyl groups is 1. The summed E-state index contributed by atoms with van der Waals surface area (Å²) in [5.74, 6) is -1.05. The molecule has 1 aromatic carbocycles. The molecule has 3 fully saturated rings. The minimum absolute atomic E-state index is 0.0273. The molecular formula is C26H37N3O4S. The standard InChI is InChI=1S/C26H37N3O4S/c1-16(2)27-24(32)22-26-17(3)15-19(34-26)20(23(31)28-18-11-7-6-8-12-18)21(26)25(33)29(22)13-9-4-5-10-14-30/h6-8,11-12,16-17,19-22,30H,4-5,9-10,13-15H2,1-3H3,(H,27,32)(H,28,31)/t17?,19-,20+,21-,22?,26?/m0/s1. The zero-order chi connectivity index (χ0) is 24.5. The van der Waals surface area contributed by atoms with E-state index in [0.717, 1.165) is 37.8 Å². The van der Waals surface area contributed by atoms with Crippen LogP contribution in [0.2, 0.25) is 0 Å². The van der Waals surface area contributed by atoms with Gasteiger partial charge in [0, 0.05) is 30.1 Å². The molecule has 0 aliphatic carbocycles. The predicted octanol–water partition coefficient (Wildman–Crippen LogP) is 3.04. The lowest BCUT2D eigenvalue weighted by Gasteiger charge is -2.39. The smallest absolute Gasteiger partial charge is 0.244 e. The van der Waals surface area contributed by atoms with Gasteiger partial charge in [-0.1, -0.05) is 38.0 Å². The number of nitrogens with one attached hydrogen (secondary N) is 2. The molecule has 0 aromatic heterocycles. The summed E-state index contributed by atoms with van der Waals surface area (Å²) in [6.45, 7) is 6.67. The molecule has 1 aromatic rings. The predicted molar refractivity (Wildman–Crippen MR) is 134 cm³/mol. The Morgan fingerprint density at radius 3 is 2.53 bits per heavy atom. The highest BCUT2D eigenvalue weighted by atomic mass is 32.2. The average Bonchev–Trinajstić information content (AvgIpc) is 3.37. The van der Waals surface area contributed by atoms with Crippen LogP contribution >= 0.6 is 11.8 Å². The van der Waals surface area contributed by atoms with Gasteiger partial charge in [-0.3, -0.25) is 14.4 Å². The third-order valence-corrected chi connectivity index (χ3v) is 9.65. The van der Waals surface area contributed by atoms with Crippen LogP contribution in [0.3, 0.4) is 0 Å². The van der Waals surface area contributed by atoms with Crippen molar-refractivity contribution in [3.05, 3.63) is 30.3 Å². The number of anilines is 1. The van der Waals surface area contributed by atoms with Gasteiger partial charge >= 0.3 is 0 Å². The highest BCUT2D eigenvalue weighted by Crippen LogP contribution is 2.68. The second kappa shape index (κ2) is 10.3. The van der Waals surface area contributed by atoms with Crippen LogP contribution in [0.25, 0.3) is 0 Å². The highest BCUT2D eigenvalue weighted by molar-refractivity contribution is 8.02. The maximum absolute atomic E-state index is 13.9. The van der Waals surface area contributed by atoms with Crippen molar-refractivity contribution in [2.75, 3.05) is 18.5 Å². The molecule has 186 valence electrons. The molecule has 7 nitrogen and oxygen atoms in total. The number of thioether (sulfide) groups is 1. The van der Waals surface area contributed by atoms with Crippen LogP contribution in [-0.4, -0.2) is 63.0 Å². The van der Waals surface area contributed by atoms with Gasteiger partial charge in [-0.2, -0.15) is 0 Å². The SMILES string of the molecule is CC(C)NC(=O)C1N(CCCCCCO)C(=O)[C@@H]2[C@H](C(=O)Nc3ccccc3)[C@@H]3CC(C)C12S3. The lowest BCUT2D eigenvalue weighted by Crippen LogP contribution is -2.57. The molecule has 3 unspecified atom stereocenters. The molecule has 3 aliphatic heterocycles. The van der Waals surface area contributed by atoms with Gasteiger partial charge in [0.25, 0.3) is 0 Å². The van der Waals surface area contributed by atoms with Crippen LogP contribution in [0.5, 0.6) is 0 Å². The average molecular weight is 488 g/mol. The quantitative estimate of drug-likeness (QED) is 0.441. The van der Waals surface area contributed by atoms with Crippen LogP contribution in [0.15, 0.2) is 30.3 Å². The number of nitrogens with zero attached hydrogens (tertiary/aromatic N) is 1. The van der Waals surface area contributed by atoms with E-state index < -0.39 is 22.6 Å². The molecule has 4 rings (SSSR count). The van der Waals surface area contributed by atoms with Crippen molar-refractivity contribution in [3.63, 3.8) is 0 Å². The molecule has 2 bridgehead atoms. The topological polar surface area (TPSA) is 98.7 Å². The first kappa shape index (κ1) is 25.0. The van der Waals surface area contributed by atoms with Gasteiger partial charge in [-0.25, -0.2) is 0 Å². The second-order valence-corrected chi connectivity index (χ2v) is 11.8. The normalized spacial score (nSPS) is 31.7. The number of rotatable bonds is 10. The summed E-state index contributed by atoms with van der Waals surface area (Å²) >= 11 is 1.71. The van der Waals surface area contributed by atoms with Crippen LogP contribution in [-0.2, 0) is 14.4 Å². The van der Waals surface area contributed by atoms with Crippen LogP contribution in [0.1, 0.15) is 52.9 Å². The Hall–Kier alpha value is -2.06. The van der Waals surface area contributed by atoms with Gasteiger partial charge in [-0.15, -0.1) is 11.8 Å². The Balaban J connectivity index is 1.62. The molecule has 0 saturated carbocycles. The van der Waals surface area contributed by atoms with Crippen molar-refractivity contribution >= 4 is 35.2 Å². The van der Waals surface area contributed by atoms with Crippen LogP contribution in [0, 0.1) is 17.8 Å². The molecule has 3 amide bonds. The van der Waals surface area contributed by atoms with Crippen molar-refractivity contribution < 1.29 is 19.5 Å². The van der Waals surface area contributed by atoms with Gasteiger partial charge in [-0.05, 0) is 51.2 Å². The second-order valence-electron chi connectivity index (χ2n) is 10.2. The number of benzene rings is 1. The Morgan fingerprint density at radius 1 is 1.15 bits per heavy atom. The molecular weight excluding hydrogens is 450 g/mol. The number of carbonyl (C=O) groups is 3. The summed E-state index contributed by atoms with van der Waals surface area (Å²) in [7, 11) is 0. The number of carbonyl (C=O) groups excluding carboxylic acids is 3. The van der Waals surface area contributed by atoms with E-state index in [9.17, 15) is 14.4 Å². The van der Waals surface area contributed by atoms with Crippen molar-refractivity contribution in [1.82, 2.24) is 10.2 Å². The van der Waals surface area contributed by atoms with Gasteiger partial charge in [0.2, 0.25) is 17.7 Å². The van der Waals surface area contributed by atoms with Crippen molar-refractivity contribution in [3.8, 4) is 0 Å². The number of fused-ring (bicyclic) bond motifs is 1. The van der Waals surface area contributed by atoms with E-state index >= 15 is 0 Å². The number of amides is 3. The monoisotopic (exact) mass is 487 g/mol. The Kier molecular flexibility index (Phi) is 7.57. The first-order valence-electron chi connectivity index (χ1n) is 12.6. The van der Waals surface area contributed by atoms with E-state index in [2.05, 4.69) is 17.6 Å². The number of para-hydroxylation sites is 1. The first-order chi connectivity index (χ1) is 16.3. The van der Waals surface area contributed by atoms with E-state index in [-0.39, 0.29) is 41.5 Å². The number of unbranched alkanes of at least 4 members (excludes halogenated alkanes) is 3. The van der Waals surface area contributed by atoms with Gasteiger partial charge in [0.05, 0.1) is 16.6 Å². The zero-order valence-corrected chi connectivity index (χ0v) is 21.1. The van der Waals surface area contributed by atoms with Crippen molar-refractivity contribution in [2.45, 2.75) is 75.0 Å². The maximum Gasteiger partial charge on any atom is 0.244 e. The first-order valence-corrected chi connectivity index (χ1v) is 13.4. The number of likely N-dealkylation sites (tertiary alicyclic amines) is 1. The molecule has 3 aliphatic rings. The largest absolute Gasteiger partial charge is 0.396 e.